The molecule has 1 N–H and O–H groups in total. The summed E-state index contributed by atoms with van der Waals surface area (Å²) in [6, 6.07) is 15.2. The van der Waals surface area contributed by atoms with E-state index in [1.165, 1.54) is 9.58 Å². The van der Waals surface area contributed by atoms with Crippen molar-refractivity contribution in [2.45, 2.75) is 19.0 Å². The fourth-order valence-electron chi connectivity index (χ4n) is 3.52. The fourth-order valence-corrected chi connectivity index (χ4v) is 3.52. The molecule has 0 saturated carbocycles. The van der Waals surface area contributed by atoms with E-state index in [0.717, 1.165) is 5.69 Å². The van der Waals surface area contributed by atoms with Crippen LogP contribution in [0.4, 0.5) is 5.69 Å². The SMILES string of the molecule is COc1ccc(N2C(=O)CC(N(C)Cc3c(=O)o[nH][n+]3-c3ccccc3)C2=O)cc1. The number of imide groups is 1. The lowest BCUT2D eigenvalue weighted by Gasteiger charge is -2.21. The molecule has 0 aliphatic carbocycles. The Morgan fingerprint density at radius 3 is 2.50 bits per heavy atom. The first-order valence-corrected chi connectivity index (χ1v) is 9.38. The number of benzene rings is 2. The number of aromatic nitrogens is 2. The van der Waals surface area contributed by atoms with E-state index in [1.807, 2.05) is 30.3 Å². The maximum atomic E-state index is 13.0. The maximum absolute atomic E-state index is 13.0. The molecule has 1 unspecified atom stereocenters. The van der Waals surface area contributed by atoms with E-state index in [9.17, 15) is 14.4 Å². The molecule has 1 aliphatic rings. The van der Waals surface area contributed by atoms with Gasteiger partial charge in [-0.1, -0.05) is 18.2 Å². The molecular formula is C21H21N4O5+. The maximum Gasteiger partial charge on any atom is 0.431 e. The van der Waals surface area contributed by atoms with Crippen molar-refractivity contribution in [2.75, 3.05) is 19.1 Å². The first-order chi connectivity index (χ1) is 14.5. The minimum atomic E-state index is -0.682. The molecule has 4 rings (SSSR count). The van der Waals surface area contributed by atoms with E-state index in [1.54, 1.807) is 43.3 Å². The van der Waals surface area contributed by atoms with Crippen LogP contribution in [0.25, 0.3) is 5.69 Å². The number of aromatic amines is 1. The van der Waals surface area contributed by atoms with Crippen molar-refractivity contribution in [3.8, 4) is 11.4 Å². The summed E-state index contributed by atoms with van der Waals surface area (Å²) in [7, 11) is 3.25. The summed E-state index contributed by atoms with van der Waals surface area (Å²) in [6.45, 7) is 0.126. The summed E-state index contributed by atoms with van der Waals surface area (Å²) in [5, 5.41) is 2.58. The molecular weight excluding hydrogens is 388 g/mol. The highest BCUT2D eigenvalue weighted by Gasteiger charge is 2.43. The molecule has 9 nitrogen and oxygen atoms in total. The van der Waals surface area contributed by atoms with E-state index < -0.39 is 11.7 Å². The second kappa shape index (κ2) is 7.96. The first kappa shape index (κ1) is 19.6. The first-order valence-electron chi connectivity index (χ1n) is 9.38. The molecule has 1 atom stereocenters. The van der Waals surface area contributed by atoms with Gasteiger partial charge in [-0.05, 0) is 41.3 Å². The number of carbonyl (C=O) groups is 2. The van der Waals surface area contributed by atoms with E-state index in [2.05, 4.69) is 5.27 Å². The molecule has 1 aliphatic heterocycles. The van der Waals surface area contributed by atoms with E-state index in [0.29, 0.717) is 17.1 Å². The predicted molar refractivity (Wildman–Crippen MR) is 106 cm³/mol. The van der Waals surface area contributed by atoms with Gasteiger partial charge in [-0.3, -0.25) is 19.0 Å². The lowest BCUT2D eigenvalue weighted by molar-refractivity contribution is -0.678. The van der Waals surface area contributed by atoms with Gasteiger partial charge in [0.2, 0.25) is 11.6 Å². The molecule has 1 saturated heterocycles. The molecule has 1 aromatic heterocycles. The Bertz CT molecular complexity index is 1120. The number of likely N-dealkylation sites (N-methyl/N-ethyl adjacent to an activating group) is 1. The summed E-state index contributed by atoms with van der Waals surface area (Å²) < 4.78 is 11.6. The molecule has 2 heterocycles. The van der Waals surface area contributed by atoms with Crippen molar-refractivity contribution >= 4 is 17.5 Å². The van der Waals surface area contributed by atoms with Crippen LogP contribution in [0.1, 0.15) is 12.1 Å². The third-order valence-corrected chi connectivity index (χ3v) is 5.13. The van der Waals surface area contributed by atoms with Crippen LogP contribution < -0.4 is 19.9 Å². The van der Waals surface area contributed by atoms with Gasteiger partial charge in [-0.15, -0.1) is 0 Å². The molecule has 2 aromatic carbocycles. The quantitative estimate of drug-likeness (QED) is 0.482. The van der Waals surface area contributed by atoms with Crippen LogP contribution in [0.3, 0.4) is 0 Å². The third-order valence-electron chi connectivity index (χ3n) is 5.13. The summed E-state index contributed by atoms with van der Waals surface area (Å²) in [6.07, 6.45) is 0.0302. The van der Waals surface area contributed by atoms with Gasteiger partial charge >= 0.3 is 11.3 Å². The van der Waals surface area contributed by atoms with Gasteiger partial charge in [0, 0.05) is 12.1 Å². The smallest absolute Gasteiger partial charge is 0.431 e. The minimum absolute atomic E-state index is 0.0302. The van der Waals surface area contributed by atoms with Crippen molar-refractivity contribution in [3.63, 3.8) is 0 Å². The van der Waals surface area contributed by atoms with Gasteiger partial charge in [0.25, 0.3) is 5.91 Å². The molecule has 9 heteroatoms. The highest BCUT2D eigenvalue weighted by Crippen LogP contribution is 2.27. The second-order valence-corrected chi connectivity index (χ2v) is 7.00. The topological polar surface area (TPSA) is 99.7 Å². The average molecular weight is 409 g/mol. The Morgan fingerprint density at radius 1 is 1.13 bits per heavy atom. The van der Waals surface area contributed by atoms with Gasteiger partial charge in [-0.25, -0.2) is 9.69 Å². The van der Waals surface area contributed by atoms with Gasteiger partial charge in [0.1, 0.15) is 5.75 Å². The zero-order chi connectivity index (χ0) is 21.3. The van der Waals surface area contributed by atoms with Crippen molar-refractivity contribution in [1.29, 1.82) is 0 Å². The summed E-state index contributed by atoms with van der Waals surface area (Å²) in [5.41, 5.74) is 1.00. The standard InChI is InChI=1S/C21H20N4O5/c1-23(13-18-21(28)30-22-25(18)15-6-4-3-5-7-15)17-12-19(26)24(20(17)27)14-8-10-16(29-2)11-9-14/h3-11,17H,12-13H2,1-2H3/p+1. The number of hydrogen-bond acceptors (Lipinski definition) is 6. The normalized spacial score (nSPS) is 16.5. The summed E-state index contributed by atoms with van der Waals surface area (Å²) in [4.78, 5) is 40.7. The molecule has 0 spiro atoms. The zero-order valence-electron chi connectivity index (χ0n) is 16.6. The monoisotopic (exact) mass is 409 g/mol. The molecule has 1 fully saturated rings. The summed E-state index contributed by atoms with van der Waals surface area (Å²) >= 11 is 0. The average Bonchev–Trinajstić information content (AvgIpc) is 3.27. The summed E-state index contributed by atoms with van der Waals surface area (Å²) in [5.74, 6) is 0.00840. The molecule has 2 amide bonds. The fraction of sp³-hybridized carbons (Fsp3) is 0.238. The molecule has 3 aromatic rings. The van der Waals surface area contributed by atoms with Crippen molar-refractivity contribution in [3.05, 3.63) is 70.7 Å². The van der Waals surface area contributed by atoms with Crippen LogP contribution in [-0.4, -0.2) is 42.2 Å². The van der Waals surface area contributed by atoms with E-state index in [4.69, 9.17) is 9.26 Å². The molecule has 0 radical (unpaired) electrons. The highest BCUT2D eigenvalue weighted by atomic mass is 16.5. The number of rotatable bonds is 6. The number of para-hydroxylation sites is 1. The number of nitrogens with zero attached hydrogens (tertiary/aromatic N) is 3. The lowest BCUT2D eigenvalue weighted by Crippen LogP contribution is -2.45. The largest absolute Gasteiger partial charge is 0.497 e. The van der Waals surface area contributed by atoms with Crippen molar-refractivity contribution in [2.24, 2.45) is 0 Å². The predicted octanol–water partition coefficient (Wildman–Crippen LogP) is 1.02. The second-order valence-electron chi connectivity index (χ2n) is 7.00. The van der Waals surface area contributed by atoms with Crippen LogP contribution in [0, 0.1) is 0 Å². The molecule has 30 heavy (non-hydrogen) atoms. The number of amides is 2. The van der Waals surface area contributed by atoms with E-state index in [-0.39, 0.29) is 24.8 Å². The minimum Gasteiger partial charge on any atom is -0.497 e. The van der Waals surface area contributed by atoms with E-state index >= 15 is 0 Å². The number of nitrogens with one attached hydrogen (secondary N) is 1. The van der Waals surface area contributed by atoms with Gasteiger partial charge in [0.15, 0.2) is 0 Å². The Hall–Kier alpha value is -3.72. The van der Waals surface area contributed by atoms with Crippen LogP contribution in [-0.2, 0) is 16.1 Å². The number of hydrogen-bond donors (Lipinski definition) is 1. The van der Waals surface area contributed by atoms with Crippen LogP contribution in [0.5, 0.6) is 5.75 Å². The van der Waals surface area contributed by atoms with Crippen LogP contribution in [0.15, 0.2) is 63.9 Å². The highest BCUT2D eigenvalue weighted by molar-refractivity contribution is 6.22. The third kappa shape index (κ3) is 3.50. The van der Waals surface area contributed by atoms with Crippen molar-refractivity contribution < 1.29 is 23.5 Å². The lowest BCUT2D eigenvalue weighted by atomic mass is 10.2. The Morgan fingerprint density at radius 2 is 1.83 bits per heavy atom. The molecule has 0 bridgehead atoms. The zero-order valence-corrected chi connectivity index (χ0v) is 16.6. The van der Waals surface area contributed by atoms with Gasteiger partial charge in [-0.2, -0.15) is 0 Å². The van der Waals surface area contributed by atoms with Crippen LogP contribution in [0.2, 0.25) is 0 Å². The Kier molecular flexibility index (Phi) is 5.20. The Balaban J connectivity index is 1.56. The van der Waals surface area contributed by atoms with Crippen molar-refractivity contribution in [1.82, 2.24) is 10.2 Å². The number of carbonyl (C=O) groups excluding carboxylic acids is 2. The van der Waals surface area contributed by atoms with Gasteiger partial charge < -0.3 is 4.74 Å². The number of methoxy groups -OCH3 is 1. The Labute approximate surface area is 172 Å². The van der Waals surface area contributed by atoms with Crippen LogP contribution >= 0.6 is 0 Å². The molecule has 154 valence electrons. The van der Waals surface area contributed by atoms with Gasteiger partial charge in [0.05, 0.1) is 31.8 Å². The number of H-pyrrole nitrogens is 1. The number of anilines is 1. The number of ether oxygens (including phenoxy) is 1.